The summed E-state index contributed by atoms with van der Waals surface area (Å²) in [6.07, 6.45) is 2.41. The lowest BCUT2D eigenvalue weighted by Crippen LogP contribution is -2.08. The van der Waals surface area contributed by atoms with E-state index < -0.39 is 0 Å². The third kappa shape index (κ3) is 1.70. The van der Waals surface area contributed by atoms with Crippen LogP contribution in [0, 0.1) is 0 Å². The molecular weight excluding hydrogens is 130 g/mol. The van der Waals surface area contributed by atoms with Gasteiger partial charge in [0.2, 0.25) is 0 Å². The molecule has 0 saturated heterocycles. The SMILES string of the molecule is NCCCn1ncc(N)n1. The first-order valence-electron chi connectivity index (χ1n) is 3.18. The zero-order chi connectivity index (χ0) is 7.40. The van der Waals surface area contributed by atoms with Crippen LogP contribution in [-0.2, 0) is 6.54 Å². The number of rotatable bonds is 3. The van der Waals surface area contributed by atoms with Gasteiger partial charge in [0.25, 0.3) is 0 Å². The van der Waals surface area contributed by atoms with E-state index in [0.29, 0.717) is 12.4 Å². The minimum atomic E-state index is 0.456. The number of aryl methyl sites for hydroxylation is 1. The molecule has 0 radical (unpaired) electrons. The van der Waals surface area contributed by atoms with Gasteiger partial charge >= 0.3 is 0 Å². The van der Waals surface area contributed by atoms with Gasteiger partial charge in [-0.2, -0.15) is 9.90 Å². The summed E-state index contributed by atoms with van der Waals surface area (Å²) in [6.45, 7) is 1.40. The Morgan fingerprint density at radius 1 is 1.60 bits per heavy atom. The van der Waals surface area contributed by atoms with Crippen molar-refractivity contribution in [3.8, 4) is 0 Å². The Labute approximate surface area is 59.0 Å². The van der Waals surface area contributed by atoms with Crippen molar-refractivity contribution in [2.45, 2.75) is 13.0 Å². The van der Waals surface area contributed by atoms with Crippen LogP contribution in [0.25, 0.3) is 0 Å². The summed E-state index contributed by atoms with van der Waals surface area (Å²) in [5, 5.41) is 7.75. The van der Waals surface area contributed by atoms with Crippen LogP contribution in [0.1, 0.15) is 6.42 Å². The average Bonchev–Trinajstić information content (AvgIpc) is 2.31. The Hall–Kier alpha value is -1.10. The summed E-state index contributed by atoms with van der Waals surface area (Å²) in [6, 6.07) is 0. The van der Waals surface area contributed by atoms with Crippen LogP contribution < -0.4 is 11.5 Å². The van der Waals surface area contributed by atoms with E-state index in [1.54, 1.807) is 4.80 Å². The molecule has 1 aromatic heterocycles. The third-order valence-corrected chi connectivity index (χ3v) is 1.12. The molecule has 0 unspecified atom stereocenters. The predicted octanol–water partition coefficient (Wildman–Crippen LogP) is -0.791. The average molecular weight is 141 g/mol. The smallest absolute Gasteiger partial charge is 0.165 e. The summed E-state index contributed by atoms with van der Waals surface area (Å²) in [7, 11) is 0. The van der Waals surface area contributed by atoms with Gasteiger partial charge < -0.3 is 11.5 Å². The number of nitrogen functional groups attached to an aromatic ring is 1. The van der Waals surface area contributed by atoms with Crippen molar-refractivity contribution < 1.29 is 0 Å². The van der Waals surface area contributed by atoms with E-state index in [4.69, 9.17) is 11.5 Å². The molecule has 0 bridgehead atoms. The highest BCUT2D eigenvalue weighted by Crippen LogP contribution is 1.91. The zero-order valence-corrected chi connectivity index (χ0v) is 5.70. The summed E-state index contributed by atoms with van der Waals surface area (Å²) in [5.74, 6) is 0.456. The first-order valence-corrected chi connectivity index (χ1v) is 3.18. The second-order valence-electron chi connectivity index (χ2n) is 2.01. The van der Waals surface area contributed by atoms with Crippen molar-refractivity contribution in [1.29, 1.82) is 0 Å². The van der Waals surface area contributed by atoms with Crippen LogP contribution in [-0.4, -0.2) is 21.5 Å². The van der Waals surface area contributed by atoms with E-state index >= 15 is 0 Å². The quantitative estimate of drug-likeness (QED) is 0.577. The molecule has 4 N–H and O–H groups in total. The van der Waals surface area contributed by atoms with Gasteiger partial charge in [0, 0.05) is 0 Å². The Morgan fingerprint density at radius 2 is 2.40 bits per heavy atom. The summed E-state index contributed by atoms with van der Waals surface area (Å²) in [4.78, 5) is 1.54. The number of nitrogens with two attached hydrogens (primary N) is 2. The van der Waals surface area contributed by atoms with E-state index in [0.717, 1.165) is 13.0 Å². The number of anilines is 1. The second-order valence-corrected chi connectivity index (χ2v) is 2.01. The summed E-state index contributed by atoms with van der Waals surface area (Å²) in [5.41, 5.74) is 10.6. The van der Waals surface area contributed by atoms with Crippen molar-refractivity contribution in [3.05, 3.63) is 6.20 Å². The van der Waals surface area contributed by atoms with Crippen LogP contribution in [0.4, 0.5) is 5.82 Å². The first-order chi connectivity index (χ1) is 4.83. The molecular formula is C5H11N5. The van der Waals surface area contributed by atoms with Gasteiger partial charge in [-0.25, -0.2) is 0 Å². The molecule has 1 rings (SSSR count). The highest BCUT2D eigenvalue weighted by atomic mass is 15.5. The lowest BCUT2D eigenvalue weighted by atomic mass is 10.4. The lowest BCUT2D eigenvalue weighted by molar-refractivity contribution is 0.518. The molecule has 0 saturated carbocycles. The van der Waals surface area contributed by atoms with Crippen molar-refractivity contribution in [1.82, 2.24) is 15.0 Å². The maximum Gasteiger partial charge on any atom is 0.165 e. The van der Waals surface area contributed by atoms with E-state index in [9.17, 15) is 0 Å². The Morgan fingerprint density at radius 3 is 2.90 bits per heavy atom. The Balaban J connectivity index is 2.42. The van der Waals surface area contributed by atoms with Gasteiger partial charge in [-0.1, -0.05) is 0 Å². The van der Waals surface area contributed by atoms with E-state index in [1.165, 1.54) is 6.20 Å². The van der Waals surface area contributed by atoms with Crippen LogP contribution in [0.3, 0.4) is 0 Å². The third-order valence-electron chi connectivity index (χ3n) is 1.12. The highest BCUT2D eigenvalue weighted by Gasteiger charge is 1.92. The molecule has 0 amide bonds. The van der Waals surface area contributed by atoms with Gasteiger partial charge in [-0.15, -0.1) is 5.10 Å². The van der Waals surface area contributed by atoms with Crippen LogP contribution in [0.15, 0.2) is 6.20 Å². The standard InChI is InChI=1S/C5H11N5/c6-2-1-3-10-8-4-5(7)9-10/h4H,1-3,6H2,(H2,7,9). The normalized spacial score (nSPS) is 10.1. The highest BCUT2D eigenvalue weighted by molar-refractivity contribution is 5.19. The van der Waals surface area contributed by atoms with E-state index in [1.807, 2.05) is 0 Å². The summed E-state index contributed by atoms with van der Waals surface area (Å²) >= 11 is 0. The van der Waals surface area contributed by atoms with Gasteiger partial charge in [0.15, 0.2) is 5.82 Å². The molecule has 56 valence electrons. The Kier molecular flexibility index (Phi) is 2.22. The molecule has 5 heteroatoms. The maximum atomic E-state index is 5.32. The molecule has 0 aliphatic carbocycles. The van der Waals surface area contributed by atoms with Gasteiger partial charge in [-0.05, 0) is 13.0 Å². The minimum Gasteiger partial charge on any atom is -0.381 e. The van der Waals surface area contributed by atoms with Crippen molar-refractivity contribution in [2.24, 2.45) is 5.73 Å². The predicted molar refractivity (Wildman–Crippen MR) is 38.1 cm³/mol. The summed E-state index contributed by atoms with van der Waals surface area (Å²) < 4.78 is 0. The fraction of sp³-hybridized carbons (Fsp3) is 0.600. The van der Waals surface area contributed by atoms with Crippen molar-refractivity contribution in [3.63, 3.8) is 0 Å². The van der Waals surface area contributed by atoms with Crippen molar-refractivity contribution >= 4 is 5.82 Å². The van der Waals surface area contributed by atoms with Gasteiger partial charge in [0.1, 0.15) is 0 Å². The molecule has 0 aliphatic rings. The van der Waals surface area contributed by atoms with E-state index in [-0.39, 0.29) is 0 Å². The molecule has 1 aromatic rings. The molecule has 0 atom stereocenters. The molecule has 5 nitrogen and oxygen atoms in total. The molecule has 10 heavy (non-hydrogen) atoms. The first kappa shape index (κ1) is 7.01. The van der Waals surface area contributed by atoms with Crippen molar-refractivity contribution in [2.75, 3.05) is 12.3 Å². The largest absolute Gasteiger partial charge is 0.381 e. The molecule has 0 aromatic carbocycles. The van der Waals surface area contributed by atoms with Gasteiger partial charge in [-0.3, -0.25) is 0 Å². The fourth-order valence-corrected chi connectivity index (χ4v) is 0.651. The van der Waals surface area contributed by atoms with Gasteiger partial charge in [0.05, 0.1) is 12.7 Å². The molecule has 0 aliphatic heterocycles. The number of aromatic nitrogens is 3. The van der Waals surface area contributed by atoms with E-state index in [2.05, 4.69) is 10.2 Å². The van der Waals surface area contributed by atoms with Crippen LogP contribution in [0.2, 0.25) is 0 Å². The number of nitrogens with zero attached hydrogens (tertiary/aromatic N) is 3. The van der Waals surface area contributed by atoms with Crippen LogP contribution >= 0.6 is 0 Å². The zero-order valence-electron chi connectivity index (χ0n) is 5.70. The molecule has 0 fully saturated rings. The van der Waals surface area contributed by atoms with Crippen LogP contribution in [0.5, 0.6) is 0 Å². The molecule has 1 heterocycles. The fourth-order valence-electron chi connectivity index (χ4n) is 0.651. The number of hydrogen-bond donors (Lipinski definition) is 2. The number of hydrogen-bond acceptors (Lipinski definition) is 4. The maximum absolute atomic E-state index is 5.32. The second kappa shape index (κ2) is 3.17. The topological polar surface area (TPSA) is 82.8 Å². The monoisotopic (exact) mass is 141 g/mol. The Bertz CT molecular complexity index is 194. The molecule has 0 spiro atoms. The minimum absolute atomic E-state index is 0.456. The lowest BCUT2D eigenvalue weighted by Gasteiger charge is -1.94.